The van der Waals surface area contributed by atoms with Gasteiger partial charge in [0.1, 0.15) is 0 Å². The van der Waals surface area contributed by atoms with E-state index in [-0.39, 0.29) is 12.2 Å². The van der Waals surface area contributed by atoms with Crippen LogP contribution in [0.25, 0.3) is 0 Å². The van der Waals surface area contributed by atoms with E-state index in [1.54, 1.807) is 0 Å². The highest BCUT2D eigenvalue weighted by Crippen LogP contribution is 2.14. The molecule has 44 heavy (non-hydrogen) atoms. The van der Waals surface area contributed by atoms with Crippen molar-refractivity contribution in [1.82, 2.24) is 5.32 Å². The highest BCUT2D eigenvalue weighted by Gasteiger charge is 2.12. The summed E-state index contributed by atoms with van der Waals surface area (Å²) in [5.74, 6) is 0. The van der Waals surface area contributed by atoms with Gasteiger partial charge >= 0.3 is 6.09 Å². The van der Waals surface area contributed by atoms with Crippen LogP contribution in [-0.2, 0) is 14.2 Å². The van der Waals surface area contributed by atoms with E-state index in [4.69, 9.17) is 14.2 Å². The molecule has 1 unspecified atom stereocenters. The molecule has 1 amide bonds. The molecule has 0 heterocycles. The fourth-order valence-electron chi connectivity index (χ4n) is 5.77. The summed E-state index contributed by atoms with van der Waals surface area (Å²) in [6, 6.07) is 0. The first kappa shape index (κ1) is 43.2. The fourth-order valence-corrected chi connectivity index (χ4v) is 5.77. The minimum atomic E-state index is -0.357. The molecule has 0 aliphatic rings. The molecule has 0 aliphatic carbocycles. The Bertz CT molecular complexity index is 544. The Morgan fingerprint density at radius 3 is 1.20 bits per heavy atom. The van der Waals surface area contributed by atoms with Gasteiger partial charge in [0.25, 0.3) is 0 Å². The lowest BCUT2D eigenvalue weighted by atomic mass is 10.0. The topological polar surface area (TPSA) is 56.8 Å². The van der Waals surface area contributed by atoms with Gasteiger partial charge in [-0.1, -0.05) is 188 Å². The van der Waals surface area contributed by atoms with Crippen LogP contribution in [-0.4, -0.2) is 45.2 Å². The van der Waals surface area contributed by atoms with E-state index < -0.39 is 0 Å². The largest absolute Gasteiger partial charge is 0.450 e. The molecule has 0 aromatic heterocycles. The van der Waals surface area contributed by atoms with E-state index in [0.717, 1.165) is 32.5 Å². The molecule has 0 aromatic rings. The lowest BCUT2D eigenvalue weighted by Crippen LogP contribution is -2.37. The first-order valence-corrected chi connectivity index (χ1v) is 19.8. The minimum Gasteiger partial charge on any atom is -0.450 e. The van der Waals surface area contributed by atoms with E-state index in [2.05, 4.69) is 19.2 Å². The number of ether oxygens (including phenoxy) is 3. The molecule has 0 radical (unpaired) electrons. The van der Waals surface area contributed by atoms with E-state index in [1.165, 1.54) is 167 Å². The SMILES string of the molecule is CCCCCCCCCCCCCCCCOCC(CNC(=O)OCCC)OCCCCCCCCCCCCCCCC. The van der Waals surface area contributed by atoms with Crippen LogP contribution in [0.4, 0.5) is 4.79 Å². The highest BCUT2D eigenvalue weighted by molar-refractivity contribution is 5.67. The number of alkyl carbamates (subject to hydrolysis) is 1. The summed E-state index contributed by atoms with van der Waals surface area (Å²) in [5, 5.41) is 2.86. The quantitative estimate of drug-likeness (QED) is 0.0698. The average Bonchev–Trinajstić information content (AvgIpc) is 3.03. The number of hydrogen-bond acceptors (Lipinski definition) is 4. The maximum atomic E-state index is 11.9. The first-order chi connectivity index (χ1) is 21.7. The number of carbonyl (C=O) groups excluding carboxylic acids is 1. The van der Waals surface area contributed by atoms with Gasteiger partial charge in [0.2, 0.25) is 0 Å². The molecule has 5 nitrogen and oxygen atoms in total. The van der Waals surface area contributed by atoms with Crippen LogP contribution < -0.4 is 5.32 Å². The number of rotatable bonds is 37. The van der Waals surface area contributed by atoms with Crippen LogP contribution in [0.1, 0.15) is 207 Å². The predicted molar refractivity (Wildman–Crippen MR) is 191 cm³/mol. The Labute approximate surface area is 276 Å². The van der Waals surface area contributed by atoms with Crippen molar-refractivity contribution < 1.29 is 19.0 Å². The fraction of sp³-hybridized carbons (Fsp3) is 0.974. The Kier molecular flexibility index (Phi) is 37.7. The zero-order valence-corrected chi connectivity index (χ0v) is 30.3. The van der Waals surface area contributed by atoms with Crippen LogP contribution >= 0.6 is 0 Å². The first-order valence-electron chi connectivity index (χ1n) is 19.8. The lowest BCUT2D eigenvalue weighted by molar-refractivity contribution is -0.0175. The Morgan fingerprint density at radius 1 is 0.455 bits per heavy atom. The predicted octanol–water partition coefficient (Wildman–Crippen LogP) is 12.5. The second-order valence-electron chi connectivity index (χ2n) is 13.3. The van der Waals surface area contributed by atoms with Crippen molar-refractivity contribution in [2.75, 3.05) is 33.0 Å². The summed E-state index contributed by atoms with van der Waals surface area (Å²) in [4.78, 5) is 11.9. The van der Waals surface area contributed by atoms with Crippen LogP contribution in [0.5, 0.6) is 0 Å². The third-order valence-corrected chi connectivity index (χ3v) is 8.71. The molecule has 0 saturated carbocycles. The lowest BCUT2D eigenvalue weighted by Gasteiger charge is -2.19. The molecule has 0 aromatic carbocycles. The zero-order chi connectivity index (χ0) is 32.0. The van der Waals surface area contributed by atoms with Crippen LogP contribution in [0.3, 0.4) is 0 Å². The van der Waals surface area contributed by atoms with E-state index >= 15 is 0 Å². The molecule has 0 saturated heterocycles. The summed E-state index contributed by atoms with van der Waals surface area (Å²) in [7, 11) is 0. The molecular weight excluding hydrogens is 546 g/mol. The van der Waals surface area contributed by atoms with Gasteiger partial charge in [0.05, 0.1) is 19.3 Å². The smallest absolute Gasteiger partial charge is 0.407 e. The van der Waals surface area contributed by atoms with Gasteiger partial charge in [-0.2, -0.15) is 0 Å². The molecular formula is C39H79NO4. The molecule has 5 heteroatoms. The van der Waals surface area contributed by atoms with Crippen molar-refractivity contribution in [2.24, 2.45) is 0 Å². The van der Waals surface area contributed by atoms with Crippen molar-refractivity contribution in [3.8, 4) is 0 Å². The van der Waals surface area contributed by atoms with Gasteiger partial charge in [-0.05, 0) is 19.3 Å². The monoisotopic (exact) mass is 626 g/mol. The van der Waals surface area contributed by atoms with Crippen LogP contribution in [0.15, 0.2) is 0 Å². The van der Waals surface area contributed by atoms with Gasteiger partial charge in [0.15, 0.2) is 0 Å². The third kappa shape index (κ3) is 35.7. The van der Waals surface area contributed by atoms with Gasteiger partial charge in [-0.25, -0.2) is 4.79 Å². The standard InChI is InChI=1S/C39H79NO4/c1-4-7-9-11-13-15-17-19-21-23-25-27-29-31-34-42-37-38(36-40-39(41)44-33-6-3)43-35-32-30-28-26-24-22-20-18-16-14-12-10-8-5-2/h38H,4-37H2,1-3H3,(H,40,41). The maximum Gasteiger partial charge on any atom is 0.407 e. The molecule has 1 atom stereocenters. The molecule has 0 aliphatic heterocycles. The molecule has 0 bridgehead atoms. The summed E-state index contributed by atoms with van der Waals surface area (Å²) >= 11 is 0. The Hall–Kier alpha value is -0.810. The molecule has 0 fully saturated rings. The zero-order valence-electron chi connectivity index (χ0n) is 30.3. The number of hydrogen-bond donors (Lipinski definition) is 1. The number of carbonyl (C=O) groups is 1. The minimum absolute atomic E-state index is 0.113. The van der Waals surface area contributed by atoms with Gasteiger partial charge in [-0.3, -0.25) is 0 Å². The number of nitrogens with one attached hydrogen (secondary N) is 1. The van der Waals surface area contributed by atoms with Gasteiger partial charge in [0, 0.05) is 19.8 Å². The second kappa shape index (κ2) is 38.4. The Morgan fingerprint density at radius 2 is 0.818 bits per heavy atom. The van der Waals surface area contributed by atoms with Gasteiger partial charge < -0.3 is 19.5 Å². The summed E-state index contributed by atoms with van der Waals surface area (Å²) in [6.45, 7) is 9.51. The van der Waals surface area contributed by atoms with Crippen LogP contribution in [0.2, 0.25) is 0 Å². The summed E-state index contributed by atoms with van der Waals surface area (Å²) < 4.78 is 17.3. The second-order valence-corrected chi connectivity index (χ2v) is 13.3. The highest BCUT2D eigenvalue weighted by atomic mass is 16.6. The third-order valence-electron chi connectivity index (χ3n) is 8.71. The van der Waals surface area contributed by atoms with Crippen molar-refractivity contribution in [3.63, 3.8) is 0 Å². The van der Waals surface area contributed by atoms with Crippen LogP contribution in [0, 0.1) is 0 Å². The molecule has 0 spiro atoms. The average molecular weight is 626 g/mol. The van der Waals surface area contributed by atoms with E-state index in [1.807, 2.05) is 6.92 Å². The van der Waals surface area contributed by atoms with Crippen molar-refractivity contribution in [2.45, 2.75) is 213 Å². The summed E-state index contributed by atoms with van der Waals surface area (Å²) in [6.07, 6.45) is 38.5. The normalized spacial score (nSPS) is 12.1. The maximum absolute atomic E-state index is 11.9. The Balaban J connectivity index is 3.78. The molecule has 1 N–H and O–H groups in total. The van der Waals surface area contributed by atoms with Crippen molar-refractivity contribution >= 4 is 6.09 Å². The number of unbranched alkanes of at least 4 members (excludes halogenated alkanes) is 26. The van der Waals surface area contributed by atoms with Gasteiger partial charge in [-0.15, -0.1) is 0 Å². The van der Waals surface area contributed by atoms with E-state index in [9.17, 15) is 4.79 Å². The summed E-state index contributed by atoms with van der Waals surface area (Å²) in [5.41, 5.74) is 0. The van der Waals surface area contributed by atoms with Crippen molar-refractivity contribution in [1.29, 1.82) is 0 Å². The van der Waals surface area contributed by atoms with E-state index in [0.29, 0.717) is 19.8 Å². The molecule has 264 valence electrons. The number of amides is 1. The molecule has 0 rings (SSSR count). The van der Waals surface area contributed by atoms with Crippen molar-refractivity contribution in [3.05, 3.63) is 0 Å².